The summed E-state index contributed by atoms with van der Waals surface area (Å²) in [5, 5.41) is 8.35. The highest BCUT2D eigenvalue weighted by molar-refractivity contribution is 7.89. The van der Waals surface area contributed by atoms with E-state index in [1.54, 1.807) is 51.3 Å². The van der Waals surface area contributed by atoms with Crippen LogP contribution in [0.1, 0.15) is 39.5 Å². The zero-order valence-electron chi connectivity index (χ0n) is 19.0. The van der Waals surface area contributed by atoms with Gasteiger partial charge in [-0.3, -0.25) is 4.79 Å². The Kier molecular flexibility index (Phi) is 6.24. The number of carbonyl (C=O) groups excluding carboxylic acids is 1. The van der Waals surface area contributed by atoms with Gasteiger partial charge in [-0.15, -0.1) is 0 Å². The fourth-order valence-electron chi connectivity index (χ4n) is 4.71. The molecular weight excluding hydrogens is 444 g/mol. The minimum Gasteiger partial charge on any atom is -0.497 e. The number of sulfonamides is 1. The second-order valence-corrected chi connectivity index (χ2v) is 10.7. The molecular formula is C23H30N4O5S. The lowest BCUT2D eigenvalue weighted by Gasteiger charge is -2.40. The van der Waals surface area contributed by atoms with Gasteiger partial charge in [-0.25, -0.2) is 18.5 Å². The summed E-state index contributed by atoms with van der Waals surface area (Å²) < 4.78 is 34.1. The molecule has 0 aliphatic carbocycles. The standard InChI is InChI=1S/C23H30N4O5S/c1-23(2,32-19-8-6-18(31-3)7-9-19)22(28)26-15-12-16-4-5-17(13-15)27(16)21-11-10-20(14-25-21)33(24,29)30/h6-11,14-17H,4-5,12-13H2,1-3H3,(H,26,28)(H2,24,29,30). The number of anilines is 1. The van der Waals surface area contributed by atoms with E-state index >= 15 is 0 Å². The second kappa shape index (κ2) is 8.83. The number of hydrogen-bond acceptors (Lipinski definition) is 7. The van der Waals surface area contributed by atoms with Crippen molar-refractivity contribution in [2.75, 3.05) is 12.0 Å². The van der Waals surface area contributed by atoms with Crippen molar-refractivity contribution in [3.05, 3.63) is 42.6 Å². The van der Waals surface area contributed by atoms with Crippen molar-refractivity contribution in [2.24, 2.45) is 5.14 Å². The van der Waals surface area contributed by atoms with E-state index in [9.17, 15) is 13.2 Å². The number of benzene rings is 1. The molecule has 3 heterocycles. The molecule has 2 unspecified atom stereocenters. The second-order valence-electron chi connectivity index (χ2n) is 9.12. The number of methoxy groups -OCH3 is 1. The molecule has 1 aromatic carbocycles. The van der Waals surface area contributed by atoms with Gasteiger partial charge in [0, 0.05) is 24.3 Å². The van der Waals surface area contributed by atoms with Crippen LogP contribution in [0, 0.1) is 0 Å². The Labute approximate surface area is 194 Å². The minimum absolute atomic E-state index is 0.000150. The molecule has 2 aliphatic rings. The maximum Gasteiger partial charge on any atom is 0.263 e. The lowest BCUT2D eigenvalue weighted by molar-refractivity contribution is -0.135. The van der Waals surface area contributed by atoms with E-state index in [-0.39, 0.29) is 28.9 Å². The van der Waals surface area contributed by atoms with Crippen molar-refractivity contribution >= 4 is 21.7 Å². The Bertz CT molecular complexity index is 1090. The number of nitrogens with zero attached hydrogens (tertiary/aromatic N) is 2. The molecule has 2 aliphatic heterocycles. The van der Waals surface area contributed by atoms with E-state index in [4.69, 9.17) is 14.6 Å². The van der Waals surface area contributed by atoms with Crippen LogP contribution in [0.4, 0.5) is 5.82 Å². The van der Waals surface area contributed by atoms with Crippen molar-refractivity contribution in [3.63, 3.8) is 0 Å². The van der Waals surface area contributed by atoms with Crippen LogP contribution >= 0.6 is 0 Å². The predicted octanol–water partition coefficient (Wildman–Crippen LogP) is 2.21. The molecule has 0 spiro atoms. The van der Waals surface area contributed by atoms with Crippen molar-refractivity contribution < 1.29 is 22.7 Å². The van der Waals surface area contributed by atoms with Crippen LogP contribution in [0.2, 0.25) is 0 Å². The van der Waals surface area contributed by atoms with E-state index in [0.29, 0.717) is 5.75 Å². The van der Waals surface area contributed by atoms with Gasteiger partial charge in [0.2, 0.25) is 10.0 Å². The Morgan fingerprint density at radius 2 is 1.70 bits per heavy atom. The van der Waals surface area contributed by atoms with Crippen LogP contribution in [0.5, 0.6) is 11.5 Å². The lowest BCUT2D eigenvalue weighted by atomic mass is 9.96. The summed E-state index contributed by atoms with van der Waals surface area (Å²) in [7, 11) is -2.17. The van der Waals surface area contributed by atoms with E-state index in [1.165, 1.54) is 12.3 Å². The van der Waals surface area contributed by atoms with E-state index < -0.39 is 15.6 Å². The summed E-state index contributed by atoms with van der Waals surface area (Å²) in [4.78, 5) is 19.6. The average molecular weight is 475 g/mol. The molecule has 178 valence electrons. The van der Waals surface area contributed by atoms with Crippen molar-refractivity contribution in [3.8, 4) is 11.5 Å². The van der Waals surface area contributed by atoms with Gasteiger partial charge in [0.05, 0.1) is 7.11 Å². The van der Waals surface area contributed by atoms with Crippen molar-refractivity contribution in [2.45, 2.75) is 68.2 Å². The molecule has 0 saturated carbocycles. The van der Waals surface area contributed by atoms with Gasteiger partial charge in [-0.1, -0.05) is 0 Å². The third kappa shape index (κ3) is 5.06. The molecule has 4 rings (SSSR count). The first-order valence-corrected chi connectivity index (χ1v) is 12.5. The van der Waals surface area contributed by atoms with Crippen LogP contribution in [-0.2, 0) is 14.8 Å². The number of primary sulfonamides is 1. The van der Waals surface area contributed by atoms with E-state index in [0.717, 1.165) is 37.3 Å². The highest BCUT2D eigenvalue weighted by atomic mass is 32.2. The van der Waals surface area contributed by atoms with Gasteiger partial charge in [0.1, 0.15) is 22.2 Å². The zero-order valence-corrected chi connectivity index (χ0v) is 19.8. The Balaban J connectivity index is 1.38. The molecule has 0 radical (unpaired) electrons. The molecule has 3 N–H and O–H groups in total. The van der Waals surface area contributed by atoms with Gasteiger partial charge in [0.15, 0.2) is 5.60 Å². The van der Waals surface area contributed by atoms with Gasteiger partial charge >= 0.3 is 0 Å². The molecule has 2 aromatic rings. The first kappa shape index (κ1) is 23.3. The monoisotopic (exact) mass is 474 g/mol. The summed E-state index contributed by atoms with van der Waals surface area (Å²) in [5.41, 5.74) is -1.03. The van der Waals surface area contributed by atoms with E-state index in [1.807, 2.05) is 0 Å². The number of aromatic nitrogens is 1. The fraction of sp³-hybridized carbons (Fsp3) is 0.478. The van der Waals surface area contributed by atoms with Gasteiger partial charge < -0.3 is 19.7 Å². The fourth-order valence-corrected chi connectivity index (χ4v) is 5.16. The first-order chi connectivity index (χ1) is 15.6. The number of pyridine rings is 1. The third-order valence-electron chi connectivity index (χ3n) is 6.36. The van der Waals surface area contributed by atoms with Gasteiger partial charge in [-0.05, 0) is 75.9 Å². The first-order valence-electron chi connectivity index (χ1n) is 11.0. The smallest absolute Gasteiger partial charge is 0.263 e. The average Bonchev–Trinajstić information content (AvgIpc) is 3.03. The minimum atomic E-state index is -3.77. The number of amides is 1. The molecule has 2 fully saturated rings. The zero-order chi connectivity index (χ0) is 23.8. The van der Waals surface area contributed by atoms with Crippen molar-refractivity contribution in [1.82, 2.24) is 10.3 Å². The number of carbonyl (C=O) groups is 1. The van der Waals surface area contributed by atoms with Gasteiger partial charge in [0.25, 0.3) is 5.91 Å². The van der Waals surface area contributed by atoms with Crippen LogP contribution in [0.15, 0.2) is 47.5 Å². The topological polar surface area (TPSA) is 124 Å². The van der Waals surface area contributed by atoms with Gasteiger partial charge in [-0.2, -0.15) is 0 Å². The summed E-state index contributed by atoms with van der Waals surface area (Å²) in [6.45, 7) is 3.51. The number of nitrogens with two attached hydrogens (primary N) is 1. The Morgan fingerprint density at radius 1 is 1.09 bits per heavy atom. The summed E-state index contributed by atoms with van der Waals surface area (Å²) in [6, 6.07) is 10.8. The Hall–Kier alpha value is -2.85. The molecule has 1 amide bonds. The molecule has 33 heavy (non-hydrogen) atoms. The highest BCUT2D eigenvalue weighted by Crippen LogP contribution is 2.39. The lowest BCUT2D eigenvalue weighted by Crippen LogP contribution is -2.55. The normalized spacial score (nSPS) is 22.7. The maximum atomic E-state index is 13.0. The Morgan fingerprint density at radius 3 is 2.21 bits per heavy atom. The molecule has 2 atom stereocenters. The highest BCUT2D eigenvalue weighted by Gasteiger charge is 2.43. The van der Waals surface area contributed by atoms with Crippen LogP contribution in [0.3, 0.4) is 0 Å². The summed E-state index contributed by atoms with van der Waals surface area (Å²) >= 11 is 0. The molecule has 2 bridgehead atoms. The van der Waals surface area contributed by atoms with Crippen LogP contribution in [-0.4, -0.2) is 50.1 Å². The number of fused-ring (bicyclic) bond motifs is 2. The van der Waals surface area contributed by atoms with E-state index in [2.05, 4.69) is 15.2 Å². The predicted molar refractivity (Wildman–Crippen MR) is 124 cm³/mol. The number of rotatable bonds is 7. The molecule has 9 nitrogen and oxygen atoms in total. The molecule has 10 heteroatoms. The number of nitrogens with one attached hydrogen (secondary N) is 1. The van der Waals surface area contributed by atoms with Crippen LogP contribution < -0.4 is 24.8 Å². The largest absolute Gasteiger partial charge is 0.497 e. The molecule has 2 saturated heterocycles. The number of piperidine rings is 1. The third-order valence-corrected chi connectivity index (χ3v) is 7.26. The SMILES string of the molecule is COc1ccc(OC(C)(C)C(=O)NC2CC3CCC(C2)N3c2ccc(S(N)(=O)=O)cn2)cc1. The summed E-state index contributed by atoms with van der Waals surface area (Å²) in [5.74, 6) is 1.90. The van der Waals surface area contributed by atoms with Crippen molar-refractivity contribution in [1.29, 1.82) is 0 Å². The number of hydrogen-bond donors (Lipinski definition) is 2. The number of ether oxygens (including phenoxy) is 2. The summed E-state index contributed by atoms with van der Waals surface area (Å²) in [6.07, 6.45) is 4.89. The quantitative estimate of drug-likeness (QED) is 0.630. The van der Waals surface area contributed by atoms with Crippen LogP contribution in [0.25, 0.3) is 0 Å². The molecule has 1 aromatic heterocycles. The maximum absolute atomic E-state index is 13.0.